The summed E-state index contributed by atoms with van der Waals surface area (Å²) >= 11 is 0. The first-order valence-corrected chi connectivity index (χ1v) is 8.05. The molecule has 1 N–H and O–H groups in total. The second-order valence-electron chi connectivity index (χ2n) is 6.49. The highest BCUT2D eigenvalue weighted by Crippen LogP contribution is 2.24. The fraction of sp³-hybridized carbons (Fsp3) is 0.667. The average Bonchev–Trinajstić information content (AvgIpc) is 2.35. The molecule has 1 fully saturated rings. The lowest BCUT2D eigenvalue weighted by atomic mass is 10.0. The summed E-state index contributed by atoms with van der Waals surface area (Å²) in [6.07, 6.45) is 1.75. The minimum atomic E-state index is -0.187. The van der Waals surface area contributed by atoms with Crippen molar-refractivity contribution in [3.05, 3.63) is 29.6 Å². The van der Waals surface area contributed by atoms with E-state index in [9.17, 15) is 4.39 Å². The maximum atomic E-state index is 13.3. The van der Waals surface area contributed by atoms with Gasteiger partial charge in [0.05, 0.1) is 19.8 Å². The lowest BCUT2D eigenvalue weighted by Crippen LogP contribution is -2.32. The lowest BCUT2D eigenvalue weighted by Gasteiger charge is -2.26. The van der Waals surface area contributed by atoms with E-state index in [4.69, 9.17) is 14.6 Å². The molecule has 1 aromatic rings. The van der Waals surface area contributed by atoms with Gasteiger partial charge in [-0.15, -0.1) is 0 Å². The van der Waals surface area contributed by atoms with E-state index in [1.807, 2.05) is 0 Å². The molecular weight excluding hydrogens is 283 g/mol. The van der Waals surface area contributed by atoms with Crippen LogP contribution in [0.25, 0.3) is 0 Å². The van der Waals surface area contributed by atoms with Crippen molar-refractivity contribution in [3.8, 4) is 5.75 Å². The van der Waals surface area contributed by atoms with Crippen molar-refractivity contribution in [1.29, 1.82) is 0 Å². The van der Waals surface area contributed by atoms with Crippen LogP contribution in [0.4, 0.5) is 4.39 Å². The molecule has 1 aromatic carbocycles. The molecule has 3 nitrogen and oxygen atoms in total. The van der Waals surface area contributed by atoms with Gasteiger partial charge in [-0.3, -0.25) is 0 Å². The second-order valence-corrected chi connectivity index (χ2v) is 6.49. The third kappa shape index (κ3) is 7.76. The summed E-state index contributed by atoms with van der Waals surface area (Å²) in [4.78, 5) is 0. The highest BCUT2D eigenvalue weighted by molar-refractivity contribution is 5.34. The quantitative estimate of drug-likeness (QED) is 0.867. The first-order chi connectivity index (χ1) is 10.4. The van der Waals surface area contributed by atoms with Crippen LogP contribution in [-0.2, 0) is 11.2 Å². The molecule has 1 aliphatic rings. The van der Waals surface area contributed by atoms with Crippen LogP contribution in [0.1, 0.15) is 39.7 Å². The van der Waals surface area contributed by atoms with E-state index in [-0.39, 0.29) is 11.9 Å². The van der Waals surface area contributed by atoms with Gasteiger partial charge in [0.25, 0.3) is 0 Å². The summed E-state index contributed by atoms with van der Waals surface area (Å²) in [5, 5.41) is 8.06. The first kappa shape index (κ1) is 18.9. The number of ether oxygens (including phenoxy) is 2. The van der Waals surface area contributed by atoms with Crippen molar-refractivity contribution < 1.29 is 19.0 Å². The minimum absolute atomic E-state index is 0.167. The Bertz CT molecular complexity index is 426. The molecule has 126 valence electrons. The number of benzene rings is 1. The Hall–Kier alpha value is -1.13. The van der Waals surface area contributed by atoms with E-state index < -0.39 is 0 Å². The summed E-state index contributed by atoms with van der Waals surface area (Å²) in [6.45, 7) is 10.0. The third-order valence-electron chi connectivity index (χ3n) is 3.20. The van der Waals surface area contributed by atoms with Gasteiger partial charge in [0.1, 0.15) is 11.6 Å². The summed E-state index contributed by atoms with van der Waals surface area (Å²) in [5.74, 6) is 1.74. The predicted octanol–water partition coefficient (Wildman–Crippen LogP) is 3.83. The van der Waals surface area contributed by atoms with Crippen molar-refractivity contribution >= 4 is 0 Å². The molecular formula is C18H29FO3. The van der Waals surface area contributed by atoms with Gasteiger partial charge in [0.2, 0.25) is 0 Å². The van der Waals surface area contributed by atoms with Crippen LogP contribution in [0.3, 0.4) is 0 Å². The molecule has 0 unspecified atom stereocenters. The number of aryl methyl sites for hydroxylation is 1. The van der Waals surface area contributed by atoms with Crippen molar-refractivity contribution in [2.45, 2.75) is 46.6 Å². The number of hydrogen-bond acceptors (Lipinski definition) is 3. The van der Waals surface area contributed by atoms with E-state index in [2.05, 4.69) is 13.8 Å². The maximum Gasteiger partial charge on any atom is 0.123 e. The van der Waals surface area contributed by atoms with E-state index in [1.54, 1.807) is 26.0 Å². The number of rotatable bonds is 6. The van der Waals surface area contributed by atoms with Gasteiger partial charge in [-0.25, -0.2) is 4.39 Å². The number of aliphatic hydroxyl groups is 1. The Morgan fingerprint density at radius 3 is 2.41 bits per heavy atom. The van der Waals surface area contributed by atoms with Crippen LogP contribution in [0.15, 0.2) is 18.2 Å². The molecule has 0 aromatic heterocycles. The Labute approximate surface area is 133 Å². The van der Waals surface area contributed by atoms with Gasteiger partial charge < -0.3 is 14.6 Å². The number of aliphatic hydroxyl groups excluding tert-OH is 1. The van der Waals surface area contributed by atoms with Crippen molar-refractivity contribution in [2.75, 3.05) is 19.8 Å². The third-order valence-corrected chi connectivity index (χ3v) is 3.20. The zero-order valence-corrected chi connectivity index (χ0v) is 14.1. The zero-order chi connectivity index (χ0) is 16.5. The van der Waals surface area contributed by atoms with Crippen LogP contribution in [-0.4, -0.2) is 31.0 Å². The highest BCUT2D eigenvalue weighted by Gasteiger charge is 2.19. The van der Waals surface area contributed by atoms with Crippen molar-refractivity contribution in [1.82, 2.24) is 0 Å². The number of hydrogen-bond donors (Lipinski definition) is 1. The maximum absolute atomic E-state index is 13.3. The molecule has 0 atom stereocenters. The summed E-state index contributed by atoms with van der Waals surface area (Å²) in [7, 11) is 0. The molecule has 0 aliphatic carbocycles. The fourth-order valence-corrected chi connectivity index (χ4v) is 1.92. The largest absolute Gasteiger partial charge is 0.493 e. The predicted molar refractivity (Wildman–Crippen MR) is 86.7 cm³/mol. The highest BCUT2D eigenvalue weighted by atomic mass is 19.1. The van der Waals surface area contributed by atoms with Crippen molar-refractivity contribution in [3.63, 3.8) is 0 Å². The molecule has 0 spiro atoms. The van der Waals surface area contributed by atoms with E-state index >= 15 is 0 Å². The van der Waals surface area contributed by atoms with Crippen LogP contribution in [0.5, 0.6) is 5.75 Å². The molecule has 1 heterocycles. The van der Waals surface area contributed by atoms with E-state index in [1.165, 1.54) is 6.07 Å². The molecule has 1 saturated heterocycles. The molecule has 0 saturated carbocycles. The van der Waals surface area contributed by atoms with Gasteiger partial charge >= 0.3 is 0 Å². The van der Waals surface area contributed by atoms with E-state index in [0.717, 1.165) is 37.4 Å². The van der Waals surface area contributed by atoms with Crippen LogP contribution in [0, 0.1) is 17.7 Å². The second kappa shape index (κ2) is 9.80. The standard InChI is InChI=1S/C15H21FO2.C3H8O/c1-11(2)3-4-13-7-14(16)5-6-15(13)18-10-12-8-17-9-12;1-3(2)4/h5-7,11-12H,3-4,8-10H2,1-2H3;3-4H,1-2H3. The van der Waals surface area contributed by atoms with Gasteiger partial charge in [0.15, 0.2) is 0 Å². The zero-order valence-electron chi connectivity index (χ0n) is 14.1. The lowest BCUT2D eigenvalue weighted by molar-refractivity contribution is -0.0509. The van der Waals surface area contributed by atoms with Gasteiger partial charge in [-0.05, 0) is 56.4 Å². The van der Waals surface area contributed by atoms with Crippen LogP contribution >= 0.6 is 0 Å². The van der Waals surface area contributed by atoms with Crippen LogP contribution < -0.4 is 4.74 Å². The number of halogens is 1. The minimum Gasteiger partial charge on any atom is -0.493 e. The van der Waals surface area contributed by atoms with Crippen molar-refractivity contribution in [2.24, 2.45) is 11.8 Å². The normalized spacial score (nSPS) is 14.5. The summed E-state index contributed by atoms with van der Waals surface area (Å²) in [6, 6.07) is 4.80. The average molecular weight is 312 g/mol. The van der Waals surface area contributed by atoms with Crippen LogP contribution in [0.2, 0.25) is 0 Å². The summed E-state index contributed by atoms with van der Waals surface area (Å²) < 4.78 is 24.2. The van der Waals surface area contributed by atoms with Gasteiger partial charge in [-0.1, -0.05) is 13.8 Å². The molecule has 0 amide bonds. The molecule has 1 aliphatic heterocycles. The Morgan fingerprint density at radius 2 is 1.91 bits per heavy atom. The topological polar surface area (TPSA) is 38.7 Å². The molecule has 0 bridgehead atoms. The van der Waals surface area contributed by atoms with Gasteiger partial charge in [-0.2, -0.15) is 0 Å². The first-order valence-electron chi connectivity index (χ1n) is 8.05. The molecule has 4 heteroatoms. The Balaban J connectivity index is 0.000000541. The molecule has 0 radical (unpaired) electrons. The monoisotopic (exact) mass is 312 g/mol. The molecule has 2 rings (SSSR count). The smallest absolute Gasteiger partial charge is 0.123 e. The SMILES string of the molecule is CC(C)CCc1cc(F)ccc1OCC1COC1.CC(C)O. The van der Waals surface area contributed by atoms with Gasteiger partial charge in [0, 0.05) is 12.0 Å². The Morgan fingerprint density at radius 1 is 1.27 bits per heavy atom. The fourth-order valence-electron chi connectivity index (χ4n) is 1.92. The Kier molecular flexibility index (Phi) is 8.43. The molecule has 22 heavy (non-hydrogen) atoms. The summed E-state index contributed by atoms with van der Waals surface area (Å²) in [5.41, 5.74) is 0.976. The van der Waals surface area contributed by atoms with E-state index in [0.29, 0.717) is 18.4 Å².